The molecule has 2 rings (SSSR count). The Labute approximate surface area is 204 Å². The highest BCUT2D eigenvalue weighted by atomic mass is 16.6. The van der Waals surface area contributed by atoms with Gasteiger partial charge in [0.05, 0.1) is 35.5 Å². The van der Waals surface area contributed by atoms with Crippen molar-refractivity contribution in [1.82, 2.24) is 5.32 Å². The average Bonchev–Trinajstić information content (AvgIpc) is 2.72. The lowest BCUT2D eigenvalue weighted by atomic mass is 10.0. The van der Waals surface area contributed by atoms with Gasteiger partial charge in [-0.25, -0.2) is 4.79 Å². The van der Waals surface area contributed by atoms with Crippen LogP contribution in [0.5, 0.6) is 0 Å². The van der Waals surface area contributed by atoms with Crippen LogP contribution >= 0.6 is 0 Å². The lowest BCUT2D eigenvalue weighted by Crippen LogP contribution is -2.32. The van der Waals surface area contributed by atoms with Crippen molar-refractivity contribution in [2.75, 3.05) is 5.32 Å². The van der Waals surface area contributed by atoms with Crippen molar-refractivity contribution in [3.8, 4) is 0 Å². The van der Waals surface area contributed by atoms with Crippen molar-refractivity contribution in [1.29, 1.82) is 0 Å². The third kappa shape index (κ3) is 9.44. The number of nitrogens with zero attached hydrogens (tertiary/aromatic N) is 1. The Morgan fingerprint density at radius 3 is 2.23 bits per heavy atom. The molecular formula is C25H31N3O7. The monoisotopic (exact) mass is 485 g/mol. The van der Waals surface area contributed by atoms with Gasteiger partial charge in [0.1, 0.15) is 5.60 Å². The van der Waals surface area contributed by atoms with Gasteiger partial charge in [0.15, 0.2) is 0 Å². The van der Waals surface area contributed by atoms with E-state index in [4.69, 9.17) is 9.47 Å². The van der Waals surface area contributed by atoms with Crippen LogP contribution in [0.3, 0.4) is 0 Å². The van der Waals surface area contributed by atoms with Gasteiger partial charge in [-0.1, -0.05) is 30.3 Å². The average molecular weight is 486 g/mol. The van der Waals surface area contributed by atoms with Crippen molar-refractivity contribution in [3.05, 3.63) is 69.8 Å². The molecular weight excluding hydrogens is 454 g/mol. The maximum Gasteiger partial charge on any atom is 0.412 e. The molecule has 2 amide bonds. The zero-order valence-electron chi connectivity index (χ0n) is 20.5. The summed E-state index contributed by atoms with van der Waals surface area (Å²) in [6, 6.07) is 11.6. The summed E-state index contributed by atoms with van der Waals surface area (Å²) in [5.74, 6) is -1.01. The number of esters is 1. The number of rotatable bonds is 9. The van der Waals surface area contributed by atoms with Gasteiger partial charge in [0.2, 0.25) is 5.91 Å². The lowest BCUT2D eigenvalue weighted by molar-refractivity contribution is -0.385. The molecule has 2 aromatic rings. The minimum atomic E-state index is -0.941. The summed E-state index contributed by atoms with van der Waals surface area (Å²) in [4.78, 5) is 47.9. The number of amides is 2. The number of hydrogen-bond donors (Lipinski definition) is 2. The molecule has 35 heavy (non-hydrogen) atoms. The van der Waals surface area contributed by atoms with E-state index in [1.165, 1.54) is 18.2 Å². The van der Waals surface area contributed by atoms with Crippen LogP contribution in [0, 0.1) is 10.1 Å². The molecule has 0 heterocycles. The molecule has 2 aromatic carbocycles. The van der Waals surface area contributed by atoms with Crippen LogP contribution in [0.2, 0.25) is 0 Å². The number of carbonyl (C=O) groups is 3. The maximum atomic E-state index is 12.8. The molecule has 0 saturated heterocycles. The molecule has 0 bridgehead atoms. The van der Waals surface area contributed by atoms with E-state index in [2.05, 4.69) is 10.6 Å². The molecule has 0 aromatic heterocycles. The smallest absolute Gasteiger partial charge is 0.412 e. The molecule has 0 fully saturated rings. The van der Waals surface area contributed by atoms with Gasteiger partial charge in [-0.2, -0.15) is 0 Å². The third-order valence-corrected chi connectivity index (χ3v) is 4.55. The molecule has 0 aliphatic carbocycles. The minimum Gasteiger partial charge on any atom is -0.463 e. The Bertz CT molecular complexity index is 1060. The molecule has 10 heteroatoms. The van der Waals surface area contributed by atoms with Gasteiger partial charge in [0.25, 0.3) is 5.69 Å². The van der Waals surface area contributed by atoms with E-state index in [1.807, 2.05) is 0 Å². The fourth-order valence-corrected chi connectivity index (χ4v) is 3.22. The summed E-state index contributed by atoms with van der Waals surface area (Å²) in [7, 11) is 0. The molecule has 0 saturated carbocycles. The summed E-state index contributed by atoms with van der Waals surface area (Å²) < 4.78 is 10.4. The first-order chi connectivity index (χ1) is 16.3. The summed E-state index contributed by atoms with van der Waals surface area (Å²) in [6.07, 6.45) is -1.25. The third-order valence-electron chi connectivity index (χ3n) is 4.55. The van der Waals surface area contributed by atoms with Crippen molar-refractivity contribution in [2.45, 2.75) is 65.2 Å². The quantitative estimate of drug-likeness (QED) is 0.299. The SMILES string of the molecule is CC(C)OC(=O)CC(NC(=O)Cc1ccc(NC(=O)OC(C)(C)C)cc1)c1ccccc1[N+](=O)[O-]. The van der Waals surface area contributed by atoms with Crippen molar-refractivity contribution >= 4 is 29.3 Å². The Hall–Kier alpha value is -3.95. The van der Waals surface area contributed by atoms with Crippen LogP contribution in [0.15, 0.2) is 48.5 Å². The zero-order valence-corrected chi connectivity index (χ0v) is 20.5. The van der Waals surface area contributed by atoms with Gasteiger partial charge in [-0.15, -0.1) is 0 Å². The Morgan fingerprint density at radius 1 is 1.03 bits per heavy atom. The maximum absolute atomic E-state index is 12.8. The van der Waals surface area contributed by atoms with Gasteiger partial charge in [-0.3, -0.25) is 25.0 Å². The number of ether oxygens (including phenoxy) is 2. The number of benzene rings is 2. The zero-order chi connectivity index (χ0) is 26.2. The molecule has 0 radical (unpaired) electrons. The van der Waals surface area contributed by atoms with Gasteiger partial charge < -0.3 is 14.8 Å². The predicted octanol–water partition coefficient (Wildman–Crippen LogP) is 4.68. The number of nitro benzene ring substituents is 1. The van der Waals surface area contributed by atoms with E-state index in [0.717, 1.165) is 0 Å². The van der Waals surface area contributed by atoms with E-state index in [1.54, 1.807) is 65.0 Å². The normalized spacial score (nSPS) is 11.9. The van der Waals surface area contributed by atoms with Gasteiger partial charge >= 0.3 is 12.1 Å². The first-order valence-electron chi connectivity index (χ1n) is 11.1. The summed E-state index contributed by atoms with van der Waals surface area (Å²) in [5, 5.41) is 16.8. The predicted molar refractivity (Wildman–Crippen MR) is 130 cm³/mol. The summed E-state index contributed by atoms with van der Waals surface area (Å²) in [5.41, 5.74) is 0.519. The molecule has 10 nitrogen and oxygen atoms in total. The van der Waals surface area contributed by atoms with Gasteiger partial charge in [0, 0.05) is 11.8 Å². The molecule has 1 unspecified atom stereocenters. The standard InChI is InChI=1S/C25H31N3O7/c1-16(2)34-23(30)15-20(19-8-6-7-9-21(19)28(32)33)27-22(29)14-17-10-12-18(13-11-17)26-24(31)35-25(3,4)5/h6-13,16,20H,14-15H2,1-5H3,(H,26,31)(H,27,29). The van der Waals surface area contributed by atoms with Crippen LogP contribution < -0.4 is 10.6 Å². The van der Waals surface area contributed by atoms with Crippen LogP contribution in [-0.4, -0.2) is 34.6 Å². The second-order valence-corrected chi connectivity index (χ2v) is 9.18. The minimum absolute atomic E-state index is 0.0386. The van der Waals surface area contributed by atoms with E-state index >= 15 is 0 Å². The number of nitrogens with one attached hydrogen (secondary N) is 2. The van der Waals surface area contributed by atoms with Gasteiger partial charge in [-0.05, 0) is 52.3 Å². The van der Waals surface area contributed by atoms with Crippen molar-refractivity contribution < 1.29 is 28.8 Å². The molecule has 0 aliphatic rings. The molecule has 0 spiro atoms. The lowest BCUT2D eigenvalue weighted by Gasteiger charge is -2.20. The highest BCUT2D eigenvalue weighted by Crippen LogP contribution is 2.28. The second-order valence-electron chi connectivity index (χ2n) is 9.18. The Kier molecular flexibility index (Phi) is 9.33. The van der Waals surface area contributed by atoms with E-state index in [-0.39, 0.29) is 30.2 Å². The topological polar surface area (TPSA) is 137 Å². The van der Waals surface area contributed by atoms with E-state index < -0.39 is 34.5 Å². The van der Waals surface area contributed by atoms with Crippen LogP contribution in [0.25, 0.3) is 0 Å². The molecule has 0 aliphatic heterocycles. The first-order valence-corrected chi connectivity index (χ1v) is 11.1. The Morgan fingerprint density at radius 2 is 1.66 bits per heavy atom. The number of anilines is 1. The first kappa shape index (κ1) is 27.3. The largest absolute Gasteiger partial charge is 0.463 e. The number of nitro groups is 1. The van der Waals surface area contributed by atoms with E-state index in [0.29, 0.717) is 11.3 Å². The second kappa shape index (κ2) is 12.0. The van der Waals surface area contributed by atoms with Crippen LogP contribution in [0.1, 0.15) is 58.2 Å². The highest BCUT2D eigenvalue weighted by Gasteiger charge is 2.26. The number of para-hydroxylation sites is 1. The number of carbonyl (C=O) groups excluding carboxylic acids is 3. The van der Waals surface area contributed by atoms with Crippen LogP contribution in [0.4, 0.5) is 16.2 Å². The van der Waals surface area contributed by atoms with Crippen LogP contribution in [-0.2, 0) is 25.5 Å². The van der Waals surface area contributed by atoms with Crippen molar-refractivity contribution in [3.63, 3.8) is 0 Å². The van der Waals surface area contributed by atoms with Crippen molar-refractivity contribution in [2.24, 2.45) is 0 Å². The molecule has 188 valence electrons. The van der Waals surface area contributed by atoms with E-state index in [9.17, 15) is 24.5 Å². The fourth-order valence-electron chi connectivity index (χ4n) is 3.22. The highest BCUT2D eigenvalue weighted by molar-refractivity contribution is 5.85. The summed E-state index contributed by atoms with van der Waals surface area (Å²) in [6.45, 7) is 8.66. The fraction of sp³-hybridized carbons (Fsp3) is 0.400. The molecule has 2 N–H and O–H groups in total. The Balaban J connectivity index is 2.11. The molecule has 1 atom stereocenters. The number of hydrogen-bond acceptors (Lipinski definition) is 7. The summed E-state index contributed by atoms with van der Waals surface area (Å²) >= 11 is 0.